The van der Waals surface area contributed by atoms with E-state index in [2.05, 4.69) is 4.72 Å². The van der Waals surface area contributed by atoms with Crippen LogP contribution >= 0.6 is 11.6 Å². The Morgan fingerprint density at radius 2 is 2.00 bits per heavy atom. The van der Waals surface area contributed by atoms with Crippen molar-refractivity contribution in [2.24, 2.45) is 0 Å². The van der Waals surface area contributed by atoms with Crippen LogP contribution in [0.25, 0.3) is 0 Å². The first-order valence-electron chi connectivity index (χ1n) is 4.51. The van der Waals surface area contributed by atoms with Crippen molar-refractivity contribution in [1.29, 1.82) is 0 Å². The minimum atomic E-state index is -3.16. The lowest BCUT2D eigenvalue weighted by Crippen LogP contribution is -2.32. The molecule has 0 heterocycles. The SMILES string of the molecule is COCC(Cl)CCNS(=O)(=O)C(C)C. The van der Waals surface area contributed by atoms with Crippen LogP contribution in [0.3, 0.4) is 0 Å². The van der Waals surface area contributed by atoms with Crippen molar-refractivity contribution >= 4 is 21.6 Å². The van der Waals surface area contributed by atoms with E-state index >= 15 is 0 Å². The highest BCUT2D eigenvalue weighted by Crippen LogP contribution is 2.02. The fraction of sp³-hybridized carbons (Fsp3) is 1.00. The summed E-state index contributed by atoms with van der Waals surface area (Å²) in [5.74, 6) is 0. The Labute approximate surface area is 91.0 Å². The molecule has 0 fully saturated rings. The molecule has 0 aromatic carbocycles. The number of hydrogen-bond donors (Lipinski definition) is 1. The highest BCUT2D eigenvalue weighted by atomic mass is 35.5. The smallest absolute Gasteiger partial charge is 0.213 e. The molecule has 0 spiro atoms. The molecule has 0 amide bonds. The van der Waals surface area contributed by atoms with Crippen LogP contribution in [0.5, 0.6) is 0 Å². The second kappa shape index (κ2) is 6.61. The molecule has 14 heavy (non-hydrogen) atoms. The largest absolute Gasteiger partial charge is 0.383 e. The Morgan fingerprint density at radius 3 is 2.43 bits per heavy atom. The average Bonchev–Trinajstić information content (AvgIpc) is 2.04. The van der Waals surface area contributed by atoms with E-state index in [1.54, 1.807) is 21.0 Å². The van der Waals surface area contributed by atoms with Crippen LogP contribution < -0.4 is 4.72 Å². The monoisotopic (exact) mass is 243 g/mol. The van der Waals surface area contributed by atoms with Crippen molar-refractivity contribution in [3.8, 4) is 0 Å². The summed E-state index contributed by atoms with van der Waals surface area (Å²) < 4.78 is 29.9. The highest BCUT2D eigenvalue weighted by molar-refractivity contribution is 7.90. The van der Waals surface area contributed by atoms with Crippen LogP contribution in [0.15, 0.2) is 0 Å². The lowest BCUT2D eigenvalue weighted by Gasteiger charge is -2.11. The van der Waals surface area contributed by atoms with Gasteiger partial charge in [0, 0.05) is 13.7 Å². The van der Waals surface area contributed by atoms with Gasteiger partial charge >= 0.3 is 0 Å². The maximum Gasteiger partial charge on any atom is 0.213 e. The summed E-state index contributed by atoms with van der Waals surface area (Å²) in [6.45, 7) is 4.06. The van der Waals surface area contributed by atoms with Crippen LogP contribution in [0.1, 0.15) is 20.3 Å². The van der Waals surface area contributed by atoms with E-state index in [1.807, 2.05) is 0 Å². The highest BCUT2D eigenvalue weighted by Gasteiger charge is 2.15. The average molecular weight is 244 g/mol. The number of sulfonamides is 1. The normalized spacial score (nSPS) is 14.6. The van der Waals surface area contributed by atoms with Gasteiger partial charge in [0.05, 0.1) is 17.2 Å². The van der Waals surface area contributed by atoms with E-state index in [4.69, 9.17) is 16.3 Å². The first kappa shape index (κ1) is 14.2. The third-order valence-electron chi connectivity index (χ3n) is 1.73. The molecule has 1 N–H and O–H groups in total. The first-order valence-corrected chi connectivity index (χ1v) is 6.50. The fourth-order valence-corrected chi connectivity index (χ4v) is 1.76. The van der Waals surface area contributed by atoms with Crippen molar-refractivity contribution < 1.29 is 13.2 Å². The molecule has 4 nitrogen and oxygen atoms in total. The molecule has 0 saturated heterocycles. The van der Waals surface area contributed by atoms with Gasteiger partial charge in [0.15, 0.2) is 0 Å². The van der Waals surface area contributed by atoms with E-state index in [0.29, 0.717) is 19.6 Å². The summed E-state index contributed by atoms with van der Waals surface area (Å²) in [6.07, 6.45) is 0.571. The lowest BCUT2D eigenvalue weighted by molar-refractivity contribution is 0.196. The predicted molar refractivity (Wildman–Crippen MR) is 58.2 cm³/mol. The van der Waals surface area contributed by atoms with Gasteiger partial charge in [0.2, 0.25) is 10.0 Å². The molecule has 0 aliphatic heterocycles. The molecule has 1 unspecified atom stereocenters. The van der Waals surface area contributed by atoms with Gasteiger partial charge in [-0.05, 0) is 20.3 Å². The first-order chi connectivity index (χ1) is 6.40. The quantitative estimate of drug-likeness (QED) is 0.678. The van der Waals surface area contributed by atoms with Gasteiger partial charge in [0.25, 0.3) is 0 Å². The van der Waals surface area contributed by atoms with Gasteiger partial charge in [-0.15, -0.1) is 11.6 Å². The van der Waals surface area contributed by atoms with Gasteiger partial charge in [-0.3, -0.25) is 0 Å². The maximum absolute atomic E-state index is 11.3. The van der Waals surface area contributed by atoms with E-state index in [9.17, 15) is 8.42 Å². The minimum Gasteiger partial charge on any atom is -0.383 e. The summed E-state index contributed by atoms with van der Waals surface area (Å²) in [4.78, 5) is 0. The molecule has 0 bridgehead atoms. The zero-order chi connectivity index (χ0) is 11.2. The van der Waals surface area contributed by atoms with E-state index in [0.717, 1.165) is 0 Å². The number of methoxy groups -OCH3 is 1. The van der Waals surface area contributed by atoms with E-state index in [1.165, 1.54) is 0 Å². The summed E-state index contributed by atoms with van der Waals surface area (Å²) in [6, 6.07) is 0. The fourth-order valence-electron chi connectivity index (χ4n) is 0.789. The standard InChI is InChI=1S/C8H18ClNO3S/c1-7(2)14(11,12)10-5-4-8(9)6-13-3/h7-8,10H,4-6H2,1-3H3. The molecule has 0 aromatic rings. The Hall–Kier alpha value is 0.160. The van der Waals surface area contributed by atoms with Crippen molar-refractivity contribution in [1.82, 2.24) is 4.72 Å². The number of rotatable bonds is 7. The molecular weight excluding hydrogens is 226 g/mol. The van der Waals surface area contributed by atoms with Crippen molar-refractivity contribution in [2.75, 3.05) is 20.3 Å². The zero-order valence-corrected chi connectivity index (χ0v) is 10.4. The predicted octanol–water partition coefficient (Wildman–Crippen LogP) is 0.958. The molecular formula is C8H18ClNO3S. The van der Waals surface area contributed by atoms with E-state index in [-0.39, 0.29) is 5.38 Å². The Morgan fingerprint density at radius 1 is 1.43 bits per heavy atom. The van der Waals surface area contributed by atoms with Crippen LogP contribution in [0, 0.1) is 0 Å². The Kier molecular flexibility index (Phi) is 6.68. The topological polar surface area (TPSA) is 55.4 Å². The van der Waals surface area contributed by atoms with Crippen LogP contribution in [-0.4, -0.2) is 39.3 Å². The van der Waals surface area contributed by atoms with Crippen molar-refractivity contribution in [3.05, 3.63) is 0 Å². The van der Waals surface area contributed by atoms with Crippen LogP contribution in [0.2, 0.25) is 0 Å². The Bertz CT molecular complexity index is 241. The minimum absolute atomic E-state index is 0.144. The van der Waals surface area contributed by atoms with E-state index < -0.39 is 15.3 Å². The van der Waals surface area contributed by atoms with Gasteiger partial charge in [-0.25, -0.2) is 13.1 Å². The molecule has 0 rings (SSSR count). The van der Waals surface area contributed by atoms with Crippen molar-refractivity contribution in [3.63, 3.8) is 0 Å². The Balaban J connectivity index is 3.74. The van der Waals surface area contributed by atoms with Crippen LogP contribution in [-0.2, 0) is 14.8 Å². The molecule has 0 radical (unpaired) electrons. The number of nitrogens with one attached hydrogen (secondary N) is 1. The van der Waals surface area contributed by atoms with Crippen molar-refractivity contribution in [2.45, 2.75) is 30.9 Å². The summed E-state index contributed by atoms with van der Waals surface area (Å²) in [5, 5.41) is -0.548. The molecule has 0 aliphatic carbocycles. The molecule has 0 aliphatic rings. The summed E-state index contributed by atoms with van der Waals surface area (Å²) in [5.41, 5.74) is 0. The number of hydrogen-bond acceptors (Lipinski definition) is 3. The van der Waals surface area contributed by atoms with Gasteiger partial charge < -0.3 is 4.74 Å². The summed E-state index contributed by atoms with van der Waals surface area (Å²) >= 11 is 5.83. The molecule has 0 aromatic heterocycles. The van der Waals surface area contributed by atoms with Gasteiger partial charge in [-0.2, -0.15) is 0 Å². The maximum atomic E-state index is 11.3. The third kappa shape index (κ3) is 5.80. The number of ether oxygens (including phenoxy) is 1. The zero-order valence-electron chi connectivity index (χ0n) is 8.79. The molecule has 86 valence electrons. The number of halogens is 1. The number of alkyl halides is 1. The van der Waals surface area contributed by atoms with Crippen LogP contribution in [0.4, 0.5) is 0 Å². The second-order valence-corrected chi connectivity index (χ2v) is 6.27. The van der Waals surface area contributed by atoms with Gasteiger partial charge in [-0.1, -0.05) is 0 Å². The molecule has 6 heteroatoms. The molecule has 1 atom stereocenters. The lowest BCUT2D eigenvalue weighted by atomic mass is 10.3. The summed E-state index contributed by atoms with van der Waals surface area (Å²) in [7, 11) is -1.60. The third-order valence-corrected chi connectivity index (χ3v) is 3.92. The van der Waals surface area contributed by atoms with Gasteiger partial charge in [0.1, 0.15) is 0 Å². The molecule has 0 saturated carbocycles. The second-order valence-electron chi connectivity index (χ2n) is 3.33.